The largest absolute Gasteiger partial charge is 0.496 e. The van der Waals surface area contributed by atoms with Crippen LogP contribution in [0.25, 0.3) is 0 Å². The van der Waals surface area contributed by atoms with Crippen LogP contribution in [0.3, 0.4) is 0 Å². The summed E-state index contributed by atoms with van der Waals surface area (Å²) in [6.45, 7) is 4.42. The monoisotopic (exact) mass is 313 g/mol. The highest BCUT2D eigenvalue weighted by molar-refractivity contribution is 5.33. The normalized spacial score (nSPS) is 14.5. The molecule has 2 heterocycles. The van der Waals surface area contributed by atoms with Crippen molar-refractivity contribution in [2.75, 3.05) is 13.7 Å². The molecule has 5 heteroatoms. The molecule has 1 aromatic heterocycles. The Labute approximate surface area is 136 Å². The number of aromatic amines is 1. The summed E-state index contributed by atoms with van der Waals surface area (Å²) in [6, 6.07) is 8.03. The fourth-order valence-corrected chi connectivity index (χ4v) is 3.10. The Hall–Kier alpha value is -2.14. The van der Waals surface area contributed by atoms with E-state index >= 15 is 0 Å². The fourth-order valence-electron chi connectivity index (χ4n) is 3.10. The zero-order valence-electron chi connectivity index (χ0n) is 13.8. The molecular weight excluding hydrogens is 290 g/mol. The van der Waals surface area contributed by atoms with Crippen molar-refractivity contribution in [2.45, 2.75) is 39.3 Å². The van der Waals surface area contributed by atoms with E-state index in [4.69, 9.17) is 4.74 Å². The molecule has 1 aromatic carbocycles. The Balaban J connectivity index is 1.79. The molecule has 2 aromatic rings. The van der Waals surface area contributed by atoms with Crippen molar-refractivity contribution in [3.63, 3.8) is 0 Å². The molecule has 0 spiro atoms. The van der Waals surface area contributed by atoms with Crippen LogP contribution in [0.15, 0.2) is 29.1 Å². The minimum absolute atomic E-state index is 0.0168. The smallest absolute Gasteiger partial charge is 0.255 e. The Kier molecular flexibility index (Phi) is 4.76. The molecule has 0 fully saturated rings. The lowest BCUT2D eigenvalue weighted by atomic mass is 10.1. The fraction of sp³-hybridized carbons (Fsp3) is 0.444. The first-order valence-electron chi connectivity index (χ1n) is 8.16. The second-order valence-corrected chi connectivity index (χ2v) is 5.96. The number of rotatable bonds is 5. The summed E-state index contributed by atoms with van der Waals surface area (Å²) >= 11 is 0. The van der Waals surface area contributed by atoms with Crippen LogP contribution >= 0.6 is 0 Å². The minimum atomic E-state index is 0.0168. The molecule has 5 nitrogen and oxygen atoms in total. The first-order chi connectivity index (χ1) is 11.2. The molecule has 0 saturated carbocycles. The number of hydrogen-bond acceptors (Lipinski definition) is 4. The van der Waals surface area contributed by atoms with Gasteiger partial charge in [0.1, 0.15) is 11.6 Å². The Morgan fingerprint density at radius 1 is 1.35 bits per heavy atom. The number of aromatic nitrogens is 2. The van der Waals surface area contributed by atoms with Crippen LogP contribution in [-0.4, -0.2) is 28.5 Å². The van der Waals surface area contributed by atoms with Gasteiger partial charge in [-0.15, -0.1) is 0 Å². The van der Waals surface area contributed by atoms with Crippen LogP contribution in [0.1, 0.15) is 36.0 Å². The van der Waals surface area contributed by atoms with E-state index < -0.39 is 0 Å². The summed E-state index contributed by atoms with van der Waals surface area (Å²) < 4.78 is 5.42. The summed E-state index contributed by atoms with van der Waals surface area (Å²) in [7, 11) is 1.69. The summed E-state index contributed by atoms with van der Waals surface area (Å²) in [5.74, 6) is 1.71. The summed E-state index contributed by atoms with van der Waals surface area (Å²) in [5, 5.41) is 0. The van der Waals surface area contributed by atoms with Gasteiger partial charge in [-0.25, -0.2) is 4.98 Å². The second-order valence-electron chi connectivity index (χ2n) is 5.96. The molecule has 0 amide bonds. The van der Waals surface area contributed by atoms with Gasteiger partial charge in [-0.05, 0) is 12.5 Å². The maximum Gasteiger partial charge on any atom is 0.255 e. The number of H-pyrrole nitrogens is 1. The topological polar surface area (TPSA) is 58.2 Å². The molecule has 1 aliphatic heterocycles. The summed E-state index contributed by atoms with van der Waals surface area (Å²) in [6.07, 6.45) is 2.64. The number of ether oxygens (including phenoxy) is 1. The molecule has 1 aliphatic rings. The number of nitrogens with one attached hydrogen (secondary N) is 1. The molecule has 122 valence electrons. The van der Waals surface area contributed by atoms with E-state index in [0.29, 0.717) is 6.54 Å². The molecular formula is C18H23N3O2. The zero-order valence-corrected chi connectivity index (χ0v) is 13.8. The van der Waals surface area contributed by atoms with E-state index in [1.54, 1.807) is 7.11 Å². The van der Waals surface area contributed by atoms with Crippen molar-refractivity contribution in [1.29, 1.82) is 0 Å². The SMILES string of the molecule is CCCc1nc2c(c(=O)[nH]1)CN(Cc1ccccc1OC)CC2. The van der Waals surface area contributed by atoms with Gasteiger partial charge in [0.2, 0.25) is 0 Å². The molecule has 1 N–H and O–H groups in total. The second kappa shape index (κ2) is 6.96. The third kappa shape index (κ3) is 3.45. The number of aryl methyl sites for hydroxylation is 1. The zero-order chi connectivity index (χ0) is 16.2. The molecule has 0 aliphatic carbocycles. The first kappa shape index (κ1) is 15.7. The quantitative estimate of drug-likeness (QED) is 0.920. The number of benzene rings is 1. The van der Waals surface area contributed by atoms with Crippen molar-refractivity contribution in [3.05, 3.63) is 57.3 Å². The number of hydrogen-bond donors (Lipinski definition) is 1. The van der Waals surface area contributed by atoms with E-state index in [1.807, 2.05) is 18.2 Å². The molecule has 3 rings (SSSR count). The van der Waals surface area contributed by atoms with Crippen molar-refractivity contribution in [2.24, 2.45) is 0 Å². The number of nitrogens with zero attached hydrogens (tertiary/aromatic N) is 2. The van der Waals surface area contributed by atoms with Crippen LogP contribution in [0.2, 0.25) is 0 Å². The van der Waals surface area contributed by atoms with E-state index in [0.717, 1.165) is 60.7 Å². The van der Waals surface area contributed by atoms with Crippen LogP contribution in [0.4, 0.5) is 0 Å². The predicted octanol–water partition coefficient (Wildman–Crippen LogP) is 2.29. The highest BCUT2D eigenvalue weighted by Gasteiger charge is 2.21. The van der Waals surface area contributed by atoms with Crippen molar-refractivity contribution in [3.8, 4) is 5.75 Å². The van der Waals surface area contributed by atoms with Crippen molar-refractivity contribution >= 4 is 0 Å². The first-order valence-corrected chi connectivity index (χ1v) is 8.16. The highest BCUT2D eigenvalue weighted by atomic mass is 16.5. The number of para-hydroxylation sites is 1. The molecule has 23 heavy (non-hydrogen) atoms. The van der Waals surface area contributed by atoms with Gasteiger partial charge in [0.05, 0.1) is 18.4 Å². The maximum atomic E-state index is 12.3. The maximum absolute atomic E-state index is 12.3. The van der Waals surface area contributed by atoms with Crippen molar-refractivity contribution in [1.82, 2.24) is 14.9 Å². The lowest BCUT2D eigenvalue weighted by Crippen LogP contribution is -2.35. The third-order valence-corrected chi connectivity index (χ3v) is 4.27. The number of methoxy groups -OCH3 is 1. The number of fused-ring (bicyclic) bond motifs is 1. The van der Waals surface area contributed by atoms with Crippen molar-refractivity contribution < 1.29 is 4.74 Å². The van der Waals surface area contributed by atoms with E-state index in [9.17, 15) is 4.79 Å². The standard InChI is InChI=1S/C18H23N3O2/c1-3-6-17-19-15-9-10-21(12-14(15)18(22)20-17)11-13-7-4-5-8-16(13)23-2/h4-5,7-8H,3,6,9-12H2,1-2H3,(H,19,20,22). The van der Waals surface area contributed by atoms with Gasteiger partial charge in [0, 0.05) is 38.0 Å². The average molecular weight is 313 g/mol. The molecule has 0 radical (unpaired) electrons. The predicted molar refractivity (Wildman–Crippen MR) is 89.7 cm³/mol. The Bertz CT molecular complexity index is 739. The van der Waals surface area contributed by atoms with Gasteiger partial charge in [-0.3, -0.25) is 9.69 Å². The average Bonchev–Trinajstić information content (AvgIpc) is 2.56. The minimum Gasteiger partial charge on any atom is -0.496 e. The molecule has 0 unspecified atom stereocenters. The highest BCUT2D eigenvalue weighted by Crippen LogP contribution is 2.22. The lowest BCUT2D eigenvalue weighted by molar-refractivity contribution is 0.237. The van der Waals surface area contributed by atoms with Crippen LogP contribution < -0.4 is 10.3 Å². The lowest BCUT2D eigenvalue weighted by Gasteiger charge is -2.28. The van der Waals surface area contributed by atoms with E-state index in [1.165, 1.54) is 0 Å². The Morgan fingerprint density at radius 2 is 2.17 bits per heavy atom. The summed E-state index contributed by atoms with van der Waals surface area (Å²) in [5.41, 5.74) is 2.94. The molecule has 0 saturated heterocycles. The van der Waals surface area contributed by atoms with E-state index in [-0.39, 0.29) is 5.56 Å². The van der Waals surface area contributed by atoms with E-state index in [2.05, 4.69) is 27.9 Å². The van der Waals surface area contributed by atoms with Gasteiger partial charge >= 0.3 is 0 Å². The van der Waals surface area contributed by atoms with Gasteiger partial charge in [0.15, 0.2) is 0 Å². The van der Waals surface area contributed by atoms with Gasteiger partial charge in [-0.2, -0.15) is 0 Å². The Morgan fingerprint density at radius 3 is 2.96 bits per heavy atom. The van der Waals surface area contributed by atoms with Crippen LogP contribution in [0, 0.1) is 0 Å². The third-order valence-electron chi connectivity index (χ3n) is 4.27. The molecule has 0 bridgehead atoms. The molecule has 0 atom stereocenters. The van der Waals surface area contributed by atoms with Crippen LogP contribution in [0.5, 0.6) is 5.75 Å². The van der Waals surface area contributed by atoms with Crippen LogP contribution in [-0.2, 0) is 25.9 Å². The van der Waals surface area contributed by atoms with Gasteiger partial charge in [-0.1, -0.05) is 25.1 Å². The summed E-state index contributed by atoms with van der Waals surface area (Å²) in [4.78, 5) is 22.2. The van der Waals surface area contributed by atoms with Gasteiger partial charge in [0.25, 0.3) is 5.56 Å². The van der Waals surface area contributed by atoms with Gasteiger partial charge < -0.3 is 9.72 Å².